The number of pyridine rings is 1. The molecule has 0 aliphatic carbocycles. The van der Waals surface area contributed by atoms with Crippen molar-refractivity contribution in [3.8, 4) is 23.3 Å². The number of rotatable bonds is 24. The molecule has 38 heteroatoms. The number of hydrogen-bond acceptors (Lipinski definition) is 26. The second-order valence-electron chi connectivity index (χ2n) is 17.8. The monoisotopic (exact) mass is 1370 g/mol. The summed E-state index contributed by atoms with van der Waals surface area (Å²) in [7, 11) is -23.4. The number of benzene rings is 5. The average Bonchev–Trinajstić information content (AvgIpc) is 2.37. The molecule has 0 radical (unpaired) electrons. The van der Waals surface area contributed by atoms with Crippen LogP contribution in [0.5, 0.6) is 0 Å². The van der Waals surface area contributed by atoms with Crippen LogP contribution in [0.1, 0.15) is 29.5 Å². The molecule has 28 nitrogen and oxygen atoms in total. The highest BCUT2D eigenvalue weighted by Gasteiger charge is 2.26. The maximum Gasteiger partial charge on any atom is 0.296 e. The summed E-state index contributed by atoms with van der Waals surface area (Å²) in [5.74, 6) is -0.961. The lowest BCUT2D eigenvalue weighted by atomic mass is 10.0. The zero-order valence-electron chi connectivity index (χ0n) is 43.8. The average molecular weight is 1380 g/mol. The fraction of sp³-hybridized carbons (Fsp3) is 0.143. The number of aromatic nitrogens is 4. The second-order valence-corrected chi connectivity index (χ2v) is 29.0. The smallest absolute Gasteiger partial charge is 0.296 e. The normalized spacial score (nSPS) is 12.4. The van der Waals surface area contributed by atoms with Gasteiger partial charge in [-0.1, -0.05) is 82.3 Å². The molecule has 0 amide bonds. The molecule has 3 heterocycles. The predicted octanol–water partition coefficient (Wildman–Crippen LogP) is 12.0. The molecule has 0 aliphatic rings. The van der Waals surface area contributed by atoms with E-state index in [0.29, 0.717) is 16.4 Å². The summed E-state index contributed by atoms with van der Waals surface area (Å²) < 4.78 is 169. The lowest BCUT2D eigenvalue weighted by molar-refractivity contribution is 0.480. The van der Waals surface area contributed by atoms with E-state index in [1.54, 1.807) is 24.3 Å². The molecule has 0 saturated carbocycles. The molecule has 8 rings (SSSR count). The van der Waals surface area contributed by atoms with Crippen LogP contribution in [0.4, 0.5) is 56.0 Å². The molecular formula is C49H39Cl2N13O15S8. The number of halogens is 2. The molecule has 3 aromatic heterocycles. The van der Waals surface area contributed by atoms with Crippen LogP contribution < -0.4 is 16.0 Å². The van der Waals surface area contributed by atoms with E-state index in [9.17, 15) is 75.4 Å². The van der Waals surface area contributed by atoms with Gasteiger partial charge in [0.15, 0.2) is 26.9 Å². The van der Waals surface area contributed by atoms with Crippen molar-refractivity contribution in [1.82, 2.24) is 19.9 Å². The SMILES string of the molecule is Cc1c(C#N)c(Nc2ccc(Cl)c(S(=O)(=O)O)c2)nc(Nc2ccc(Cl)cc2)c1N=Nc1sc(/N=N/c2cc(S(=O)(=O)O)c3cccc(S(=O)(=O)O)c3c2)c(-c2ccc(Nc3nc(SCCCS(=O)(=O)O)nc(SCCCS(=O)(=O)O)n3)cc2)c1C#N. The third-order valence-corrected chi connectivity index (χ3v) is 19.5. The number of thiophene rings is 1. The number of nitrogens with one attached hydrogen (secondary N) is 3. The van der Waals surface area contributed by atoms with Gasteiger partial charge in [0.2, 0.25) is 5.95 Å². The maximum absolute atomic E-state index is 12.7. The van der Waals surface area contributed by atoms with Gasteiger partial charge in [-0.2, -0.15) is 67.6 Å². The minimum atomic E-state index is -5.10. The Labute approximate surface area is 518 Å². The third-order valence-electron chi connectivity index (χ3n) is 11.6. The molecule has 0 atom stereocenters. The van der Waals surface area contributed by atoms with Crippen LogP contribution in [0.25, 0.3) is 21.9 Å². The minimum absolute atomic E-state index is 0.0242. The molecule has 87 heavy (non-hydrogen) atoms. The van der Waals surface area contributed by atoms with Gasteiger partial charge in [-0.3, -0.25) is 22.8 Å². The molecule has 452 valence electrons. The van der Waals surface area contributed by atoms with Gasteiger partial charge in [0.25, 0.3) is 50.6 Å². The van der Waals surface area contributed by atoms with Gasteiger partial charge in [-0.15, -0.1) is 20.5 Å². The highest BCUT2D eigenvalue weighted by molar-refractivity contribution is 7.99. The van der Waals surface area contributed by atoms with Crippen molar-refractivity contribution in [2.75, 3.05) is 39.0 Å². The Morgan fingerprint density at radius 3 is 1.69 bits per heavy atom. The zero-order chi connectivity index (χ0) is 63.2. The summed E-state index contributed by atoms with van der Waals surface area (Å²) in [5, 5.41) is 47.5. The summed E-state index contributed by atoms with van der Waals surface area (Å²) in [6, 6.07) is 25.4. The van der Waals surface area contributed by atoms with E-state index < -0.39 is 76.8 Å². The number of thioether (sulfide) groups is 2. The van der Waals surface area contributed by atoms with E-state index >= 15 is 0 Å². The van der Waals surface area contributed by atoms with E-state index in [-0.39, 0.29) is 123 Å². The number of hydrogen-bond donors (Lipinski definition) is 8. The van der Waals surface area contributed by atoms with Gasteiger partial charge in [0.05, 0.1) is 27.8 Å². The first-order chi connectivity index (χ1) is 40.9. The fourth-order valence-corrected chi connectivity index (χ4v) is 14.3. The molecule has 0 aliphatic heterocycles. The van der Waals surface area contributed by atoms with E-state index in [4.69, 9.17) is 23.2 Å². The Balaban J connectivity index is 1.25. The Hall–Kier alpha value is -7.37. The van der Waals surface area contributed by atoms with Gasteiger partial charge in [0.1, 0.15) is 43.1 Å². The van der Waals surface area contributed by atoms with Gasteiger partial charge >= 0.3 is 0 Å². The summed E-state index contributed by atoms with van der Waals surface area (Å²) in [5.41, 5.74) is 0.484. The molecule has 0 saturated heterocycles. The fourth-order valence-electron chi connectivity index (χ4n) is 7.82. The number of azo groups is 2. The molecular weight excluding hydrogens is 1340 g/mol. The predicted molar refractivity (Wildman–Crippen MR) is 326 cm³/mol. The van der Waals surface area contributed by atoms with Crippen molar-refractivity contribution in [3.05, 3.63) is 124 Å². The lowest BCUT2D eigenvalue weighted by Crippen LogP contribution is -2.06. The van der Waals surface area contributed by atoms with Crippen LogP contribution in [0, 0.1) is 29.6 Å². The Morgan fingerprint density at radius 2 is 1.11 bits per heavy atom. The zero-order valence-corrected chi connectivity index (χ0v) is 51.8. The highest BCUT2D eigenvalue weighted by atomic mass is 35.5. The first kappa shape index (κ1) is 65.6. The Bertz CT molecular complexity index is 4730. The van der Waals surface area contributed by atoms with Crippen LogP contribution in [-0.4, -0.2) is 108 Å². The number of fused-ring (bicyclic) bond motifs is 1. The molecule has 0 unspecified atom stereocenters. The molecule has 8 N–H and O–H groups in total. The third kappa shape index (κ3) is 17.2. The van der Waals surface area contributed by atoms with Crippen molar-refractivity contribution >= 4 is 175 Å². The second kappa shape index (κ2) is 26.9. The molecule has 0 bridgehead atoms. The highest BCUT2D eigenvalue weighted by Crippen LogP contribution is 2.49. The molecule has 8 aromatic rings. The van der Waals surface area contributed by atoms with E-state index in [1.807, 2.05) is 6.07 Å². The molecule has 0 spiro atoms. The summed E-state index contributed by atoms with van der Waals surface area (Å²) in [4.78, 5) is 15.6. The largest absolute Gasteiger partial charge is 0.339 e. The van der Waals surface area contributed by atoms with E-state index in [1.165, 1.54) is 49.4 Å². The first-order valence-electron chi connectivity index (χ1n) is 24.1. The van der Waals surface area contributed by atoms with Crippen molar-refractivity contribution in [2.45, 2.75) is 44.8 Å². The quantitative estimate of drug-likeness (QED) is 0.0121. The van der Waals surface area contributed by atoms with Crippen molar-refractivity contribution in [3.63, 3.8) is 0 Å². The topological polar surface area (TPSA) is 457 Å². The van der Waals surface area contributed by atoms with Crippen molar-refractivity contribution < 1.29 is 64.9 Å². The van der Waals surface area contributed by atoms with Gasteiger partial charge in [0, 0.05) is 55.5 Å². The van der Waals surface area contributed by atoms with Crippen molar-refractivity contribution in [1.29, 1.82) is 10.5 Å². The standard InChI is InChI=1S/C49H39Cl2N13O15S8/c1-26-35(24-52)43(55-31-15-16-37(51)40(22-31)87(77,78)79)57-44(54-29-13-9-28(50)10-14-29)42(26)62-63-45-36(25-53)41(46(82-45)64-61-32-21-34-33(39(23-32)86(74,75)76)5-2-6-38(34)85(71,72)73)27-7-11-30(12-8-27)56-47-58-48(80-17-3-19-83(65,66)67)60-49(59-47)81-18-4-20-84(68,69)70/h2,5-16,21-23H,3-4,17-20H2,1H3,(H2,54,55,57)(H,65,66,67)(H,68,69,70)(H,71,72,73)(H,74,75,76)(H,77,78,79)(H,56,58,59,60)/b63-62?,64-61+. The molecule has 5 aromatic carbocycles. The van der Waals surface area contributed by atoms with Gasteiger partial charge in [-0.25, -0.2) is 4.98 Å². The van der Waals surface area contributed by atoms with Crippen LogP contribution in [0.3, 0.4) is 0 Å². The number of nitriles is 2. The lowest BCUT2D eigenvalue weighted by Gasteiger charge is -2.16. The molecule has 0 fully saturated rings. The number of nitrogens with zero attached hydrogens (tertiary/aromatic N) is 10. The van der Waals surface area contributed by atoms with E-state index in [2.05, 4.69) is 62.4 Å². The van der Waals surface area contributed by atoms with Crippen molar-refractivity contribution in [2.24, 2.45) is 20.5 Å². The first-order valence-corrected chi connectivity index (χ1v) is 35.2. The Morgan fingerprint density at radius 1 is 0.563 bits per heavy atom. The van der Waals surface area contributed by atoms with E-state index in [0.717, 1.165) is 65.2 Å². The summed E-state index contributed by atoms with van der Waals surface area (Å²) in [6.45, 7) is 1.49. The van der Waals surface area contributed by atoms with Crippen LogP contribution in [0.15, 0.2) is 143 Å². The summed E-state index contributed by atoms with van der Waals surface area (Å²) >= 11 is 15.0. The van der Waals surface area contributed by atoms with Gasteiger partial charge in [-0.05, 0) is 98.1 Å². The van der Waals surface area contributed by atoms with Crippen LogP contribution >= 0.6 is 58.1 Å². The van der Waals surface area contributed by atoms with Crippen LogP contribution in [-0.2, 0) is 50.6 Å². The summed E-state index contributed by atoms with van der Waals surface area (Å²) in [6.07, 6.45) is 0.0587. The van der Waals surface area contributed by atoms with Gasteiger partial charge < -0.3 is 16.0 Å². The number of anilines is 6. The Kier molecular flexibility index (Phi) is 20.3. The van der Waals surface area contributed by atoms with Crippen LogP contribution in [0.2, 0.25) is 10.0 Å². The minimum Gasteiger partial charge on any atom is -0.339 e. The maximum atomic E-state index is 12.7.